The molecule has 0 saturated carbocycles. The van der Waals surface area contributed by atoms with Crippen LogP contribution in [0.3, 0.4) is 0 Å². The highest BCUT2D eigenvalue weighted by Crippen LogP contribution is 2.16. The van der Waals surface area contributed by atoms with Crippen LogP contribution in [0.2, 0.25) is 0 Å². The molecule has 1 aromatic carbocycles. The largest absolute Gasteiger partial charge is 0.522 e. The Labute approximate surface area is 84.6 Å². The third kappa shape index (κ3) is 5.11. The summed E-state index contributed by atoms with van der Waals surface area (Å²) in [6.45, 7) is -0.697. The van der Waals surface area contributed by atoms with E-state index in [2.05, 4.69) is 4.74 Å². The van der Waals surface area contributed by atoms with Gasteiger partial charge >= 0.3 is 6.36 Å². The fourth-order valence-corrected chi connectivity index (χ4v) is 0.881. The second-order valence-electron chi connectivity index (χ2n) is 2.71. The van der Waals surface area contributed by atoms with E-state index in [9.17, 15) is 13.2 Å². The molecule has 0 unspecified atom stereocenters. The molecule has 0 aromatic heterocycles. The molecule has 0 radical (unpaired) electrons. The van der Waals surface area contributed by atoms with Crippen LogP contribution in [0.5, 0.6) is 5.75 Å². The standard InChI is InChI=1S/C9H10F3NO2/c10-9(11,12)15-6-5-14-8-3-1-7(13)2-4-8/h1-4H,5-6,13H2. The number of nitrogens with two attached hydrogens (primary N) is 1. The van der Waals surface area contributed by atoms with Gasteiger partial charge in [0.05, 0.1) is 6.61 Å². The summed E-state index contributed by atoms with van der Waals surface area (Å²) in [5.74, 6) is 0.454. The first-order valence-corrected chi connectivity index (χ1v) is 4.16. The lowest BCUT2D eigenvalue weighted by atomic mass is 10.3. The summed E-state index contributed by atoms with van der Waals surface area (Å²) in [7, 11) is 0. The van der Waals surface area contributed by atoms with Crippen LogP contribution >= 0.6 is 0 Å². The molecule has 3 nitrogen and oxygen atoms in total. The Morgan fingerprint density at radius 1 is 1.07 bits per heavy atom. The summed E-state index contributed by atoms with van der Waals surface area (Å²) in [5.41, 5.74) is 5.97. The minimum Gasteiger partial charge on any atom is -0.491 e. The van der Waals surface area contributed by atoms with Crippen molar-refractivity contribution >= 4 is 5.69 Å². The lowest BCUT2D eigenvalue weighted by Crippen LogP contribution is -2.18. The number of rotatable bonds is 4. The smallest absolute Gasteiger partial charge is 0.491 e. The van der Waals surface area contributed by atoms with Gasteiger partial charge in [-0.2, -0.15) is 0 Å². The fraction of sp³-hybridized carbons (Fsp3) is 0.333. The minimum atomic E-state index is -4.61. The summed E-state index contributed by atoms with van der Waals surface area (Å²) >= 11 is 0. The summed E-state index contributed by atoms with van der Waals surface area (Å²) < 4.78 is 43.1. The predicted octanol–water partition coefficient (Wildman–Crippen LogP) is 2.18. The van der Waals surface area contributed by atoms with Gasteiger partial charge in [-0.1, -0.05) is 0 Å². The van der Waals surface area contributed by atoms with Crippen LogP contribution in [0, 0.1) is 0 Å². The molecule has 0 bridgehead atoms. The molecule has 0 aliphatic rings. The van der Waals surface area contributed by atoms with Crippen LogP contribution in [-0.2, 0) is 4.74 Å². The van der Waals surface area contributed by atoms with E-state index in [-0.39, 0.29) is 6.61 Å². The maximum atomic E-state index is 11.5. The van der Waals surface area contributed by atoms with Crippen LogP contribution in [0.4, 0.5) is 18.9 Å². The maximum Gasteiger partial charge on any atom is 0.522 e. The van der Waals surface area contributed by atoms with Crippen LogP contribution < -0.4 is 10.5 Å². The molecule has 0 aliphatic carbocycles. The number of ether oxygens (including phenoxy) is 2. The van der Waals surface area contributed by atoms with Crippen LogP contribution in [0.25, 0.3) is 0 Å². The molecule has 1 rings (SSSR count). The van der Waals surface area contributed by atoms with Gasteiger partial charge in [0, 0.05) is 5.69 Å². The minimum absolute atomic E-state index is 0.163. The lowest BCUT2D eigenvalue weighted by Gasteiger charge is -2.08. The molecule has 84 valence electrons. The highest BCUT2D eigenvalue weighted by atomic mass is 19.4. The summed E-state index contributed by atoms with van der Waals surface area (Å²) in [6.07, 6.45) is -4.61. The summed E-state index contributed by atoms with van der Waals surface area (Å²) in [6, 6.07) is 6.34. The van der Waals surface area contributed by atoms with Gasteiger partial charge in [0.2, 0.25) is 0 Å². The Hall–Kier alpha value is -1.43. The molecule has 1 aromatic rings. The Morgan fingerprint density at radius 3 is 2.20 bits per heavy atom. The Bertz CT molecular complexity index is 297. The molecule has 6 heteroatoms. The SMILES string of the molecule is Nc1ccc(OCCOC(F)(F)F)cc1. The number of anilines is 1. The van der Waals surface area contributed by atoms with Crippen molar-refractivity contribution in [2.24, 2.45) is 0 Å². The van der Waals surface area contributed by atoms with Crippen molar-refractivity contribution in [3.8, 4) is 5.75 Å². The molecule has 0 atom stereocenters. The summed E-state index contributed by atoms with van der Waals surface area (Å²) in [4.78, 5) is 0. The highest BCUT2D eigenvalue weighted by molar-refractivity contribution is 5.41. The zero-order valence-corrected chi connectivity index (χ0v) is 7.75. The van der Waals surface area contributed by atoms with E-state index in [0.717, 1.165) is 0 Å². The molecule has 0 fully saturated rings. The van der Waals surface area contributed by atoms with E-state index in [0.29, 0.717) is 11.4 Å². The molecular weight excluding hydrogens is 211 g/mol. The van der Waals surface area contributed by atoms with Gasteiger partial charge < -0.3 is 10.5 Å². The quantitative estimate of drug-likeness (QED) is 0.626. The van der Waals surface area contributed by atoms with E-state index >= 15 is 0 Å². The topological polar surface area (TPSA) is 44.5 Å². The van der Waals surface area contributed by atoms with Crippen molar-refractivity contribution < 1.29 is 22.6 Å². The monoisotopic (exact) mass is 221 g/mol. The second kappa shape index (κ2) is 4.88. The molecule has 0 aliphatic heterocycles. The van der Waals surface area contributed by atoms with Crippen molar-refractivity contribution in [3.05, 3.63) is 24.3 Å². The van der Waals surface area contributed by atoms with Gasteiger partial charge in [-0.3, -0.25) is 4.74 Å². The van der Waals surface area contributed by atoms with Gasteiger partial charge in [0.25, 0.3) is 0 Å². The highest BCUT2D eigenvalue weighted by Gasteiger charge is 2.28. The van der Waals surface area contributed by atoms with E-state index in [1.54, 1.807) is 24.3 Å². The van der Waals surface area contributed by atoms with Gasteiger partial charge in [0.15, 0.2) is 0 Å². The number of benzene rings is 1. The maximum absolute atomic E-state index is 11.5. The first kappa shape index (κ1) is 11.6. The molecule has 0 spiro atoms. The first-order valence-electron chi connectivity index (χ1n) is 4.16. The molecule has 0 amide bonds. The van der Waals surface area contributed by atoms with Crippen molar-refractivity contribution in [1.82, 2.24) is 0 Å². The number of alkyl halides is 3. The Kier molecular flexibility index (Phi) is 3.79. The van der Waals surface area contributed by atoms with Gasteiger partial charge in [-0.25, -0.2) is 0 Å². The zero-order valence-electron chi connectivity index (χ0n) is 7.75. The molecule has 2 N–H and O–H groups in total. The van der Waals surface area contributed by atoms with Crippen LogP contribution in [0.15, 0.2) is 24.3 Å². The van der Waals surface area contributed by atoms with Crippen molar-refractivity contribution in [2.75, 3.05) is 18.9 Å². The number of hydrogen-bond acceptors (Lipinski definition) is 3. The van der Waals surface area contributed by atoms with E-state index in [1.807, 2.05) is 0 Å². The average molecular weight is 221 g/mol. The molecular formula is C9H10F3NO2. The van der Waals surface area contributed by atoms with Crippen molar-refractivity contribution in [3.63, 3.8) is 0 Å². The number of halogens is 3. The van der Waals surface area contributed by atoms with Gasteiger partial charge in [-0.05, 0) is 24.3 Å². The Balaban J connectivity index is 2.23. The predicted molar refractivity (Wildman–Crippen MR) is 48.4 cm³/mol. The number of nitrogen functional groups attached to an aromatic ring is 1. The third-order valence-corrected chi connectivity index (χ3v) is 1.50. The zero-order chi connectivity index (χ0) is 11.3. The van der Waals surface area contributed by atoms with E-state index < -0.39 is 13.0 Å². The molecule has 0 saturated heterocycles. The third-order valence-electron chi connectivity index (χ3n) is 1.50. The van der Waals surface area contributed by atoms with Gasteiger partial charge in [0.1, 0.15) is 12.4 Å². The van der Waals surface area contributed by atoms with E-state index in [1.165, 1.54) is 0 Å². The Morgan fingerprint density at radius 2 is 1.67 bits per heavy atom. The van der Waals surface area contributed by atoms with Crippen LogP contribution in [-0.4, -0.2) is 19.6 Å². The summed E-state index contributed by atoms with van der Waals surface area (Å²) in [5, 5.41) is 0. The molecule has 15 heavy (non-hydrogen) atoms. The second-order valence-corrected chi connectivity index (χ2v) is 2.71. The molecule has 0 heterocycles. The number of hydrogen-bond donors (Lipinski definition) is 1. The average Bonchev–Trinajstić information content (AvgIpc) is 2.14. The van der Waals surface area contributed by atoms with Gasteiger partial charge in [-0.15, -0.1) is 13.2 Å². The first-order chi connectivity index (χ1) is 6.97. The van der Waals surface area contributed by atoms with Crippen molar-refractivity contribution in [1.29, 1.82) is 0 Å². The van der Waals surface area contributed by atoms with E-state index in [4.69, 9.17) is 10.5 Å². The normalized spacial score (nSPS) is 11.4. The van der Waals surface area contributed by atoms with Crippen molar-refractivity contribution in [2.45, 2.75) is 6.36 Å². The lowest BCUT2D eigenvalue weighted by molar-refractivity contribution is -0.325. The fourth-order valence-electron chi connectivity index (χ4n) is 0.881. The van der Waals surface area contributed by atoms with Crippen LogP contribution in [0.1, 0.15) is 0 Å².